The van der Waals surface area contributed by atoms with Gasteiger partial charge in [0, 0.05) is 37.3 Å². The Morgan fingerprint density at radius 3 is 2.32 bits per heavy atom. The molecule has 2 amide bonds. The van der Waals surface area contributed by atoms with E-state index in [1.165, 1.54) is 22.1 Å². The molecule has 6 rings (SSSR count). The molecule has 0 bridgehead atoms. The van der Waals surface area contributed by atoms with Crippen LogP contribution in [0.2, 0.25) is 0 Å². The summed E-state index contributed by atoms with van der Waals surface area (Å²) in [4.78, 5) is 48.1. The molecule has 0 aliphatic carbocycles. The molecule has 0 aromatic heterocycles. The van der Waals surface area contributed by atoms with Gasteiger partial charge in [-0.05, 0) is 35.2 Å². The Morgan fingerprint density at radius 1 is 0.868 bits per heavy atom. The maximum atomic E-state index is 14.0. The van der Waals surface area contributed by atoms with Crippen molar-refractivity contribution in [2.24, 2.45) is 5.92 Å². The Labute approximate surface area is 218 Å². The molecular formula is C29H24N4O5. The molecule has 0 N–H and O–H groups in total. The van der Waals surface area contributed by atoms with E-state index >= 15 is 0 Å². The minimum absolute atomic E-state index is 0.111. The second-order valence-electron chi connectivity index (χ2n) is 9.60. The molecule has 9 nitrogen and oxygen atoms in total. The Kier molecular flexibility index (Phi) is 5.57. The summed E-state index contributed by atoms with van der Waals surface area (Å²) in [6.45, 7) is 0. The van der Waals surface area contributed by atoms with E-state index in [4.69, 9.17) is 4.84 Å². The number of nitrogens with zero attached hydrogens (tertiary/aromatic N) is 4. The SMILES string of the molecule is CN(C)c1ccc([C@@H]2[C@@H]3C(=O)N(c4cccc5ccccc45)C(=O)[C@H]3ON2c2cccc([N+](=O)[O-])c2)cc1. The van der Waals surface area contributed by atoms with Crippen LogP contribution in [0.1, 0.15) is 11.6 Å². The van der Waals surface area contributed by atoms with Gasteiger partial charge in [-0.1, -0.05) is 54.6 Å². The molecule has 2 heterocycles. The van der Waals surface area contributed by atoms with Gasteiger partial charge in [0.15, 0.2) is 6.10 Å². The normalized spacial score (nSPS) is 20.7. The topological polar surface area (TPSA) is 96.2 Å². The highest BCUT2D eigenvalue weighted by molar-refractivity contribution is 6.26. The summed E-state index contributed by atoms with van der Waals surface area (Å²) in [6, 6.07) is 26.1. The molecule has 4 aromatic carbocycles. The maximum Gasteiger partial charge on any atom is 0.271 e. The first-order chi connectivity index (χ1) is 18.3. The summed E-state index contributed by atoms with van der Waals surface area (Å²) in [6.07, 6.45) is -1.07. The number of rotatable bonds is 5. The van der Waals surface area contributed by atoms with Crippen molar-refractivity contribution >= 4 is 45.3 Å². The van der Waals surface area contributed by atoms with E-state index in [2.05, 4.69) is 0 Å². The van der Waals surface area contributed by atoms with Gasteiger partial charge in [0.1, 0.15) is 5.92 Å². The number of hydrogen-bond acceptors (Lipinski definition) is 7. The van der Waals surface area contributed by atoms with Crippen molar-refractivity contribution in [2.75, 3.05) is 29.0 Å². The van der Waals surface area contributed by atoms with Crippen LogP contribution in [0.3, 0.4) is 0 Å². The number of hydroxylamine groups is 1. The lowest BCUT2D eigenvalue weighted by atomic mass is 9.90. The van der Waals surface area contributed by atoms with Gasteiger partial charge < -0.3 is 4.90 Å². The van der Waals surface area contributed by atoms with Gasteiger partial charge in [-0.3, -0.25) is 24.5 Å². The number of hydrogen-bond donors (Lipinski definition) is 0. The second-order valence-corrected chi connectivity index (χ2v) is 9.60. The zero-order valence-corrected chi connectivity index (χ0v) is 20.7. The van der Waals surface area contributed by atoms with Gasteiger partial charge in [0.2, 0.25) is 5.91 Å². The highest BCUT2D eigenvalue weighted by Crippen LogP contribution is 2.48. The number of amides is 2. The number of non-ortho nitro benzene ring substituents is 1. The molecule has 0 unspecified atom stereocenters. The minimum Gasteiger partial charge on any atom is -0.378 e. The van der Waals surface area contributed by atoms with Gasteiger partial charge in [-0.25, -0.2) is 9.96 Å². The zero-order chi connectivity index (χ0) is 26.6. The number of fused-ring (bicyclic) bond motifs is 2. The Balaban J connectivity index is 1.46. The fraction of sp³-hybridized carbons (Fsp3) is 0.172. The minimum atomic E-state index is -1.07. The van der Waals surface area contributed by atoms with E-state index in [1.807, 2.05) is 79.7 Å². The number of anilines is 3. The van der Waals surface area contributed by atoms with Crippen molar-refractivity contribution in [3.8, 4) is 0 Å². The Hall–Kier alpha value is -4.76. The summed E-state index contributed by atoms with van der Waals surface area (Å²) >= 11 is 0. The summed E-state index contributed by atoms with van der Waals surface area (Å²) in [5, 5.41) is 14.6. The molecule has 2 fully saturated rings. The molecule has 4 aromatic rings. The van der Waals surface area contributed by atoms with E-state index < -0.39 is 28.9 Å². The monoisotopic (exact) mass is 508 g/mol. The first kappa shape index (κ1) is 23.6. The molecule has 0 spiro atoms. The maximum absolute atomic E-state index is 14.0. The average Bonchev–Trinajstić information content (AvgIpc) is 3.44. The lowest BCUT2D eigenvalue weighted by molar-refractivity contribution is -0.384. The van der Waals surface area contributed by atoms with E-state index in [1.54, 1.807) is 18.2 Å². The van der Waals surface area contributed by atoms with Crippen LogP contribution in [-0.4, -0.2) is 36.9 Å². The lowest BCUT2D eigenvalue weighted by Crippen LogP contribution is -2.37. The molecular weight excluding hydrogens is 484 g/mol. The van der Waals surface area contributed by atoms with E-state index in [9.17, 15) is 19.7 Å². The predicted molar refractivity (Wildman–Crippen MR) is 144 cm³/mol. The predicted octanol–water partition coefficient (Wildman–Crippen LogP) is 4.87. The van der Waals surface area contributed by atoms with Gasteiger partial charge in [0.05, 0.1) is 22.3 Å². The van der Waals surface area contributed by atoms with Crippen LogP contribution in [0, 0.1) is 16.0 Å². The number of nitro groups is 1. The number of carbonyl (C=O) groups is 2. The van der Waals surface area contributed by atoms with E-state index in [-0.39, 0.29) is 11.6 Å². The van der Waals surface area contributed by atoms with Crippen LogP contribution in [0.4, 0.5) is 22.7 Å². The van der Waals surface area contributed by atoms with Crippen molar-refractivity contribution in [2.45, 2.75) is 12.1 Å². The van der Waals surface area contributed by atoms with Crippen LogP contribution < -0.4 is 14.9 Å². The number of carbonyl (C=O) groups excluding carboxylic acids is 2. The quantitative estimate of drug-likeness (QED) is 0.216. The second kappa shape index (κ2) is 8.97. The highest BCUT2D eigenvalue weighted by atomic mass is 16.7. The van der Waals surface area contributed by atoms with E-state index in [0.717, 1.165) is 22.0 Å². The van der Waals surface area contributed by atoms with E-state index in [0.29, 0.717) is 11.4 Å². The van der Waals surface area contributed by atoms with Crippen LogP contribution in [0.5, 0.6) is 0 Å². The van der Waals surface area contributed by atoms with Crippen molar-refractivity contribution in [3.05, 3.63) is 107 Å². The summed E-state index contributed by atoms with van der Waals surface area (Å²) in [7, 11) is 3.86. The van der Waals surface area contributed by atoms with Gasteiger partial charge >= 0.3 is 0 Å². The van der Waals surface area contributed by atoms with Crippen molar-refractivity contribution in [3.63, 3.8) is 0 Å². The molecule has 2 aliphatic heterocycles. The highest BCUT2D eigenvalue weighted by Gasteiger charge is 2.60. The van der Waals surface area contributed by atoms with Crippen molar-refractivity contribution < 1.29 is 19.3 Å². The largest absolute Gasteiger partial charge is 0.378 e. The molecule has 2 saturated heterocycles. The smallest absolute Gasteiger partial charge is 0.271 e. The van der Waals surface area contributed by atoms with Gasteiger partial charge in [0.25, 0.3) is 11.6 Å². The molecule has 190 valence electrons. The van der Waals surface area contributed by atoms with Crippen molar-refractivity contribution in [1.82, 2.24) is 0 Å². The van der Waals surface area contributed by atoms with Gasteiger partial charge in [-0.2, -0.15) is 0 Å². The van der Waals surface area contributed by atoms with Crippen LogP contribution in [0.25, 0.3) is 10.8 Å². The molecule has 2 aliphatic rings. The van der Waals surface area contributed by atoms with Crippen LogP contribution >= 0.6 is 0 Å². The molecule has 9 heteroatoms. The third-order valence-corrected chi connectivity index (χ3v) is 7.17. The van der Waals surface area contributed by atoms with Crippen LogP contribution in [0.15, 0.2) is 91.0 Å². The Morgan fingerprint density at radius 2 is 1.58 bits per heavy atom. The van der Waals surface area contributed by atoms with Gasteiger partial charge in [-0.15, -0.1) is 0 Å². The third kappa shape index (κ3) is 3.67. The third-order valence-electron chi connectivity index (χ3n) is 7.17. The molecule has 38 heavy (non-hydrogen) atoms. The van der Waals surface area contributed by atoms with Crippen LogP contribution in [-0.2, 0) is 14.4 Å². The molecule has 0 radical (unpaired) electrons. The standard InChI is InChI=1S/C29H24N4O5/c1-30(2)20-15-13-19(14-16-20)26-25-27(38-32(26)21-9-6-10-22(17-21)33(36)37)29(35)31(28(25)34)24-12-5-8-18-7-3-4-11-23(18)24/h3-17,25-27H,1-2H3/t25-,26+,27-/m0/s1. The first-order valence-electron chi connectivity index (χ1n) is 12.2. The summed E-state index contributed by atoms with van der Waals surface area (Å²) in [5.74, 6) is -1.67. The number of benzene rings is 4. The lowest BCUT2D eigenvalue weighted by Gasteiger charge is -2.29. The fourth-order valence-electron chi connectivity index (χ4n) is 5.33. The Bertz CT molecular complexity index is 1580. The molecule has 0 saturated carbocycles. The zero-order valence-electron chi connectivity index (χ0n) is 20.7. The average molecular weight is 509 g/mol. The summed E-state index contributed by atoms with van der Waals surface area (Å²) in [5.41, 5.74) is 2.53. The summed E-state index contributed by atoms with van der Waals surface area (Å²) < 4.78 is 0. The first-order valence-corrected chi connectivity index (χ1v) is 12.2. The number of imide groups is 1. The van der Waals surface area contributed by atoms with Crippen molar-refractivity contribution in [1.29, 1.82) is 0 Å². The fourth-order valence-corrected chi connectivity index (χ4v) is 5.33. The molecule has 3 atom stereocenters. The number of nitro benzene ring substituents is 1.